The fraction of sp³-hybridized carbons (Fsp3) is 0.500. The number of fused-ring (bicyclic) bond motifs is 1. The highest BCUT2D eigenvalue weighted by molar-refractivity contribution is 5.80. The van der Waals surface area contributed by atoms with Crippen LogP contribution in [0.5, 0.6) is 0 Å². The fourth-order valence-electron chi connectivity index (χ4n) is 3.31. The van der Waals surface area contributed by atoms with Gasteiger partial charge >= 0.3 is 0 Å². The second-order valence-corrected chi connectivity index (χ2v) is 5.79. The lowest BCUT2D eigenvalue weighted by atomic mass is 10.0. The van der Waals surface area contributed by atoms with Crippen LogP contribution in [-0.4, -0.2) is 32.9 Å². The number of likely N-dealkylation sites (tertiary alicyclic amines) is 1. The number of aryl methyl sites for hydroxylation is 1. The predicted molar refractivity (Wildman–Crippen MR) is 82.6 cm³/mol. The Morgan fingerprint density at radius 1 is 1.45 bits per heavy atom. The maximum Gasteiger partial charge on any atom is 0.234 e. The molecule has 2 heterocycles. The summed E-state index contributed by atoms with van der Waals surface area (Å²) in [4.78, 5) is 18.3. The molecule has 5 nitrogen and oxygen atoms in total. The molecule has 0 saturated carbocycles. The van der Waals surface area contributed by atoms with Gasteiger partial charge in [0.2, 0.25) is 5.91 Å². The third-order valence-electron chi connectivity index (χ3n) is 4.39. The van der Waals surface area contributed by atoms with Crippen LogP contribution >= 0.6 is 0 Å². The van der Waals surface area contributed by atoms with Crippen molar-refractivity contribution in [1.29, 1.82) is 0 Å². The van der Waals surface area contributed by atoms with Crippen molar-refractivity contribution in [1.82, 2.24) is 14.5 Å². The van der Waals surface area contributed by atoms with Gasteiger partial charge in [0, 0.05) is 12.6 Å². The minimum atomic E-state index is -0.284. The Morgan fingerprint density at radius 2 is 2.27 bits per heavy atom. The summed E-state index contributed by atoms with van der Waals surface area (Å²) in [5, 5.41) is 0. The molecule has 1 aromatic carbocycles. The summed E-state index contributed by atoms with van der Waals surface area (Å²) in [5.41, 5.74) is 7.10. The van der Waals surface area contributed by atoms with Gasteiger partial charge in [-0.3, -0.25) is 9.69 Å². The van der Waals surface area contributed by atoms with Crippen LogP contribution in [0.1, 0.15) is 32.0 Å². The SMILES string of the molecule is CCn1c(CN2CCCCC2C(N)=O)nc2cc(F)ccc21. The Balaban J connectivity index is 1.93. The predicted octanol–water partition coefficient (Wildman–Crippen LogP) is 2.04. The maximum atomic E-state index is 13.4. The molecule has 6 heteroatoms. The number of halogens is 1. The topological polar surface area (TPSA) is 64.2 Å². The molecule has 1 atom stereocenters. The van der Waals surface area contributed by atoms with E-state index in [9.17, 15) is 9.18 Å². The fourth-order valence-corrected chi connectivity index (χ4v) is 3.31. The molecule has 2 N–H and O–H groups in total. The normalized spacial score (nSPS) is 19.6. The molecule has 0 aliphatic carbocycles. The third-order valence-corrected chi connectivity index (χ3v) is 4.39. The summed E-state index contributed by atoms with van der Waals surface area (Å²) in [6.07, 6.45) is 2.89. The highest BCUT2D eigenvalue weighted by Gasteiger charge is 2.28. The molecule has 1 fully saturated rings. The van der Waals surface area contributed by atoms with Crippen molar-refractivity contribution in [2.24, 2.45) is 5.73 Å². The molecule has 1 aromatic heterocycles. The first-order chi connectivity index (χ1) is 10.6. The number of aromatic nitrogens is 2. The van der Waals surface area contributed by atoms with Gasteiger partial charge in [-0.25, -0.2) is 9.37 Å². The van der Waals surface area contributed by atoms with Crippen LogP contribution in [0.25, 0.3) is 11.0 Å². The van der Waals surface area contributed by atoms with Gasteiger partial charge in [0.25, 0.3) is 0 Å². The van der Waals surface area contributed by atoms with Gasteiger partial charge in [-0.15, -0.1) is 0 Å². The van der Waals surface area contributed by atoms with Crippen LogP contribution in [0.3, 0.4) is 0 Å². The van der Waals surface area contributed by atoms with Crippen molar-refractivity contribution >= 4 is 16.9 Å². The van der Waals surface area contributed by atoms with Crippen molar-refractivity contribution in [2.45, 2.75) is 45.3 Å². The molecule has 1 unspecified atom stereocenters. The van der Waals surface area contributed by atoms with Crippen LogP contribution in [-0.2, 0) is 17.9 Å². The van der Waals surface area contributed by atoms with Gasteiger partial charge < -0.3 is 10.3 Å². The van der Waals surface area contributed by atoms with Gasteiger partial charge in [0.05, 0.1) is 23.6 Å². The number of nitrogens with two attached hydrogens (primary N) is 1. The summed E-state index contributed by atoms with van der Waals surface area (Å²) in [5.74, 6) is 0.300. The van der Waals surface area contributed by atoms with Crippen molar-refractivity contribution in [2.75, 3.05) is 6.54 Å². The average Bonchev–Trinajstić information content (AvgIpc) is 2.83. The van der Waals surface area contributed by atoms with E-state index in [0.717, 1.165) is 43.7 Å². The minimum Gasteiger partial charge on any atom is -0.368 e. The Labute approximate surface area is 128 Å². The molecule has 0 bridgehead atoms. The van der Waals surface area contributed by atoms with E-state index in [2.05, 4.69) is 14.5 Å². The van der Waals surface area contributed by atoms with Crippen molar-refractivity contribution in [3.8, 4) is 0 Å². The number of piperidine rings is 1. The molecule has 22 heavy (non-hydrogen) atoms. The lowest BCUT2D eigenvalue weighted by Gasteiger charge is -2.33. The van der Waals surface area contributed by atoms with Crippen molar-refractivity contribution in [3.63, 3.8) is 0 Å². The monoisotopic (exact) mass is 304 g/mol. The molecule has 1 amide bonds. The number of carbonyl (C=O) groups is 1. The Morgan fingerprint density at radius 3 is 3.00 bits per heavy atom. The van der Waals surface area contributed by atoms with Gasteiger partial charge in [0.15, 0.2) is 0 Å². The molecular formula is C16H21FN4O. The second-order valence-electron chi connectivity index (χ2n) is 5.79. The number of imidazole rings is 1. The largest absolute Gasteiger partial charge is 0.368 e. The van der Waals surface area contributed by atoms with Gasteiger partial charge in [-0.1, -0.05) is 6.42 Å². The standard InChI is InChI=1S/C16H21FN4O/c1-2-21-13-7-6-11(17)9-12(13)19-15(21)10-20-8-4-3-5-14(20)16(18)22/h6-7,9,14H,2-5,8,10H2,1H3,(H2,18,22). The molecule has 1 aliphatic heterocycles. The zero-order chi connectivity index (χ0) is 15.7. The van der Waals surface area contributed by atoms with Crippen LogP contribution in [0.4, 0.5) is 4.39 Å². The smallest absolute Gasteiger partial charge is 0.234 e. The third kappa shape index (κ3) is 2.70. The minimum absolute atomic E-state index is 0.226. The highest BCUT2D eigenvalue weighted by Crippen LogP contribution is 2.22. The summed E-state index contributed by atoms with van der Waals surface area (Å²) >= 11 is 0. The zero-order valence-electron chi connectivity index (χ0n) is 12.8. The average molecular weight is 304 g/mol. The number of primary amides is 1. The summed E-state index contributed by atoms with van der Waals surface area (Å²) in [7, 11) is 0. The van der Waals surface area contributed by atoms with Gasteiger partial charge in [0.1, 0.15) is 11.6 Å². The quantitative estimate of drug-likeness (QED) is 0.940. The maximum absolute atomic E-state index is 13.4. The first-order valence-electron chi connectivity index (χ1n) is 7.78. The summed E-state index contributed by atoms with van der Waals surface area (Å²) < 4.78 is 15.5. The number of nitrogens with zero attached hydrogens (tertiary/aromatic N) is 3. The molecule has 0 radical (unpaired) electrons. The van der Waals surface area contributed by atoms with Gasteiger partial charge in [-0.05, 0) is 38.4 Å². The van der Waals surface area contributed by atoms with Crippen molar-refractivity contribution < 1.29 is 9.18 Å². The molecule has 2 aromatic rings. The van der Waals surface area contributed by atoms with E-state index in [-0.39, 0.29) is 17.8 Å². The molecule has 1 saturated heterocycles. The molecule has 0 spiro atoms. The van der Waals surface area contributed by atoms with Crippen LogP contribution in [0, 0.1) is 5.82 Å². The van der Waals surface area contributed by atoms with Crippen molar-refractivity contribution in [3.05, 3.63) is 29.8 Å². The van der Waals surface area contributed by atoms with E-state index < -0.39 is 0 Å². The second kappa shape index (κ2) is 6.04. The number of amides is 1. The Hall–Kier alpha value is -1.95. The van der Waals surface area contributed by atoms with E-state index in [1.165, 1.54) is 12.1 Å². The van der Waals surface area contributed by atoms with E-state index >= 15 is 0 Å². The lowest BCUT2D eigenvalue weighted by Crippen LogP contribution is -2.47. The highest BCUT2D eigenvalue weighted by atomic mass is 19.1. The van der Waals surface area contributed by atoms with Crippen LogP contribution < -0.4 is 5.73 Å². The number of hydrogen-bond donors (Lipinski definition) is 1. The number of hydrogen-bond acceptors (Lipinski definition) is 3. The molecule has 3 rings (SSSR count). The summed E-state index contributed by atoms with van der Waals surface area (Å²) in [6, 6.07) is 4.43. The van der Waals surface area contributed by atoms with Crippen LogP contribution in [0.2, 0.25) is 0 Å². The lowest BCUT2D eigenvalue weighted by molar-refractivity contribution is -0.124. The summed E-state index contributed by atoms with van der Waals surface area (Å²) in [6.45, 7) is 4.20. The van der Waals surface area contributed by atoms with E-state index in [1.807, 2.05) is 6.92 Å². The van der Waals surface area contributed by atoms with E-state index in [1.54, 1.807) is 6.07 Å². The Bertz CT molecular complexity index is 697. The first-order valence-corrected chi connectivity index (χ1v) is 7.78. The molecular weight excluding hydrogens is 283 g/mol. The van der Waals surface area contributed by atoms with E-state index in [0.29, 0.717) is 12.1 Å². The van der Waals surface area contributed by atoms with Crippen LogP contribution in [0.15, 0.2) is 18.2 Å². The molecule has 1 aliphatic rings. The zero-order valence-corrected chi connectivity index (χ0v) is 12.8. The molecule has 118 valence electrons. The number of carbonyl (C=O) groups excluding carboxylic acids is 1. The first kappa shape index (κ1) is 15.0. The van der Waals surface area contributed by atoms with E-state index in [4.69, 9.17) is 5.73 Å². The number of rotatable bonds is 4. The van der Waals surface area contributed by atoms with Gasteiger partial charge in [-0.2, -0.15) is 0 Å². The number of benzene rings is 1. The Kier molecular flexibility index (Phi) is 4.11.